The molecular weight excluding hydrogens is 282 g/mol. The van der Waals surface area contributed by atoms with E-state index in [-0.39, 0.29) is 5.91 Å². The van der Waals surface area contributed by atoms with E-state index in [0.717, 1.165) is 18.0 Å². The molecule has 0 unspecified atom stereocenters. The Bertz CT molecular complexity index is 604. The summed E-state index contributed by atoms with van der Waals surface area (Å²) in [6.07, 6.45) is 1.05. The zero-order valence-electron chi connectivity index (χ0n) is 12.4. The normalized spacial score (nSPS) is 10.4. The highest BCUT2D eigenvalue weighted by molar-refractivity contribution is 7.18. The molecule has 1 heterocycles. The van der Waals surface area contributed by atoms with Gasteiger partial charge in [0.05, 0.1) is 10.7 Å². The Morgan fingerprint density at radius 1 is 1.19 bits per heavy atom. The first-order chi connectivity index (χ1) is 10.1. The predicted molar refractivity (Wildman–Crippen MR) is 89.9 cm³/mol. The number of carbonyl (C=O) groups excluding carboxylic acids is 1. The van der Waals surface area contributed by atoms with Gasteiger partial charge in [-0.2, -0.15) is 0 Å². The fourth-order valence-corrected chi connectivity index (χ4v) is 2.88. The van der Waals surface area contributed by atoms with Gasteiger partial charge in [0.15, 0.2) is 0 Å². The van der Waals surface area contributed by atoms with E-state index in [1.807, 2.05) is 13.0 Å². The highest BCUT2D eigenvalue weighted by atomic mass is 32.1. The summed E-state index contributed by atoms with van der Waals surface area (Å²) in [5.74, 6) is -0.111. The molecule has 21 heavy (non-hydrogen) atoms. The quantitative estimate of drug-likeness (QED) is 0.767. The number of hydrogen-bond acceptors (Lipinski definition) is 4. The van der Waals surface area contributed by atoms with Crippen molar-refractivity contribution >= 4 is 27.9 Å². The van der Waals surface area contributed by atoms with Crippen LogP contribution in [0.2, 0.25) is 0 Å². The van der Waals surface area contributed by atoms with Gasteiger partial charge < -0.3 is 16.4 Å². The van der Waals surface area contributed by atoms with Crippen LogP contribution in [0, 0.1) is 0 Å². The minimum absolute atomic E-state index is 0.111. The van der Waals surface area contributed by atoms with Crippen LogP contribution in [-0.2, 0) is 13.0 Å². The molecule has 4 nitrogen and oxygen atoms in total. The van der Waals surface area contributed by atoms with Crippen LogP contribution in [0.3, 0.4) is 0 Å². The maximum Gasteiger partial charge on any atom is 0.263 e. The van der Waals surface area contributed by atoms with Gasteiger partial charge in [0, 0.05) is 13.1 Å². The number of nitrogens with one attached hydrogen (secondary N) is 2. The highest BCUT2D eigenvalue weighted by Crippen LogP contribution is 2.29. The van der Waals surface area contributed by atoms with Gasteiger partial charge in [0.2, 0.25) is 0 Å². The molecule has 2 aromatic rings. The van der Waals surface area contributed by atoms with Gasteiger partial charge in [-0.1, -0.05) is 31.2 Å². The first kappa shape index (κ1) is 15.4. The fraction of sp³-hybridized carbons (Fsp3) is 0.312. The minimum atomic E-state index is -0.111. The van der Waals surface area contributed by atoms with E-state index in [0.29, 0.717) is 17.1 Å². The molecule has 5 heteroatoms. The number of aryl methyl sites for hydroxylation is 1. The van der Waals surface area contributed by atoms with Crippen LogP contribution < -0.4 is 16.4 Å². The molecule has 0 bridgehead atoms. The van der Waals surface area contributed by atoms with Gasteiger partial charge in [-0.05, 0) is 30.5 Å². The van der Waals surface area contributed by atoms with Crippen LogP contribution >= 0.6 is 11.3 Å². The van der Waals surface area contributed by atoms with Gasteiger partial charge in [-0.15, -0.1) is 11.3 Å². The smallest absolute Gasteiger partial charge is 0.263 e. The number of carbonyl (C=O) groups is 1. The van der Waals surface area contributed by atoms with E-state index in [9.17, 15) is 4.79 Å². The van der Waals surface area contributed by atoms with Gasteiger partial charge in [0.25, 0.3) is 5.91 Å². The molecular formula is C16H21N3OS. The third-order valence-corrected chi connectivity index (χ3v) is 4.31. The lowest BCUT2D eigenvalue weighted by molar-refractivity contribution is 0.0960. The summed E-state index contributed by atoms with van der Waals surface area (Å²) in [7, 11) is 0. The number of benzene rings is 1. The largest absolute Gasteiger partial charge is 0.397 e. The lowest BCUT2D eigenvalue weighted by Crippen LogP contribution is -2.22. The van der Waals surface area contributed by atoms with Crippen molar-refractivity contribution < 1.29 is 4.79 Å². The molecule has 4 N–H and O–H groups in total. The summed E-state index contributed by atoms with van der Waals surface area (Å²) in [6, 6.07) is 10.3. The van der Waals surface area contributed by atoms with Crippen molar-refractivity contribution in [2.24, 2.45) is 0 Å². The number of rotatable bonds is 6. The average molecular weight is 303 g/mol. The van der Waals surface area contributed by atoms with Crippen molar-refractivity contribution in [3.05, 3.63) is 46.3 Å². The molecule has 0 atom stereocenters. The average Bonchev–Trinajstić information content (AvgIpc) is 2.87. The topological polar surface area (TPSA) is 67.2 Å². The van der Waals surface area contributed by atoms with E-state index in [1.54, 1.807) is 0 Å². The standard InChI is InChI=1S/C16H21N3OS/c1-3-11-5-7-12(8-6-11)10-19-14-9-13(17)15(21-14)16(20)18-4-2/h5-9,19H,3-4,10,17H2,1-2H3,(H,18,20). The maximum absolute atomic E-state index is 11.8. The summed E-state index contributed by atoms with van der Waals surface area (Å²) >= 11 is 1.39. The second-order valence-corrected chi connectivity index (χ2v) is 5.83. The Balaban J connectivity index is 1.99. The van der Waals surface area contributed by atoms with E-state index in [4.69, 9.17) is 5.73 Å². The van der Waals surface area contributed by atoms with Crippen LogP contribution in [0.1, 0.15) is 34.6 Å². The van der Waals surface area contributed by atoms with E-state index >= 15 is 0 Å². The molecule has 0 aliphatic heterocycles. The SMILES string of the molecule is CCNC(=O)c1sc(NCc2ccc(CC)cc2)cc1N. The van der Waals surface area contributed by atoms with Crippen LogP contribution in [0.25, 0.3) is 0 Å². The van der Waals surface area contributed by atoms with E-state index in [2.05, 4.69) is 41.8 Å². The molecule has 0 saturated heterocycles. The first-order valence-corrected chi connectivity index (χ1v) is 7.94. The Morgan fingerprint density at radius 3 is 2.48 bits per heavy atom. The molecule has 1 amide bonds. The summed E-state index contributed by atoms with van der Waals surface area (Å²) < 4.78 is 0. The second-order valence-electron chi connectivity index (χ2n) is 4.78. The monoisotopic (exact) mass is 303 g/mol. The first-order valence-electron chi connectivity index (χ1n) is 7.13. The Labute approximate surface area is 129 Å². The van der Waals surface area contributed by atoms with Gasteiger partial charge in [-0.25, -0.2) is 0 Å². The minimum Gasteiger partial charge on any atom is -0.397 e. The van der Waals surface area contributed by atoms with Gasteiger partial charge >= 0.3 is 0 Å². The molecule has 0 saturated carbocycles. The molecule has 0 radical (unpaired) electrons. The number of nitrogens with two attached hydrogens (primary N) is 1. The number of thiophene rings is 1. The summed E-state index contributed by atoms with van der Waals surface area (Å²) in [5.41, 5.74) is 8.95. The Kier molecular flexibility index (Phi) is 5.22. The molecule has 2 rings (SSSR count). The summed E-state index contributed by atoms with van der Waals surface area (Å²) in [5, 5.41) is 6.99. The second kappa shape index (κ2) is 7.13. The summed E-state index contributed by atoms with van der Waals surface area (Å²) in [4.78, 5) is 12.4. The molecule has 0 aliphatic carbocycles. The molecule has 1 aromatic carbocycles. The van der Waals surface area contributed by atoms with Crippen LogP contribution in [-0.4, -0.2) is 12.5 Å². The number of anilines is 2. The van der Waals surface area contributed by atoms with E-state index in [1.165, 1.54) is 22.5 Å². The van der Waals surface area contributed by atoms with Crippen molar-refractivity contribution in [2.75, 3.05) is 17.6 Å². The Hall–Kier alpha value is -2.01. The van der Waals surface area contributed by atoms with E-state index < -0.39 is 0 Å². The van der Waals surface area contributed by atoms with Crippen LogP contribution in [0.5, 0.6) is 0 Å². The summed E-state index contributed by atoms with van der Waals surface area (Å²) in [6.45, 7) is 5.35. The van der Waals surface area contributed by atoms with Crippen molar-refractivity contribution in [3.63, 3.8) is 0 Å². The highest BCUT2D eigenvalue weighted by Gasteiger charge is 2.13. The fourth-order valence-electron chi connectivity index (χ4n) is 1.99. The number of hydrogen-bond donors (Lipinski definition) is 3. The van der Waals surface area contributed by atoms with Crippen LogP contribution in [0.4, 0.5) is 10.7 Å². The third-order valence-electron chi connectivity index (χ3n) is 3.20. The molecule has 0 aliphatic rings. The third kappa shape index (κ3) is 3.98. The van der Waals surface area contributed by atoms with Crippen molar-refractivity contribution in [1.29, 1.82) is 0 Å². The van der Waals surface area contributed by atoms with Gasteiger partial charge in [-0.3, -0.25) is 4.79 Å². The predicted octanol–water partition coefficient (Wildman–Crippen LogP) is 3.25. The molecule has 112 valence electrons. The number of amides is 1. The molecule has 0 spiro atoms. The van der Waals surface area contributed by atoms with Crippen molar-refractivity contribution in [2.45, 2.75) is 26.8 Å². The molecule has 1 aromatic heterocycles. The lowest BCUT2D eigenvalue weighted by Gasteiger charge is -2.04. The zero-order valence-corrected chi connectivity index (χ0v) is 13.2. The van der Waals surface area contributed by atoms with Crippen molar-refractivity contribution in [3.8, 4) is 0 Å². The van der Waals surface area contributed by atoms with Crippen molar-refractivity contribution in [1.82, 2.24) is 5.32 Å². The van der Waals surface area contributed by atoms with Gasteiger partial charge in [0.1, 0.15) is 4.88 Å². The van der Waals surface area contributed by atoms with Crippen LogP contribution in [0.15, 0.2) is 30.3 Å². The zero-order chi connectivity index (χ0) is 15.2. The lowest BCUT2D eigenvalue weighted by atomic mass is 10.1. The molecule has 0 fully saturated rings. The Morgan fingerprint density at radius 2 is 1.86 bits per heavy atom. The number of nitrogen functional groups attached to an aromatic ring is 1. The maximum atomic E-state index is 11.8.